The molecule has 11 rings (SSSR count). The van der Waals surface area contributed by atoms with Crippen LogP contribution in [0.2, 0.25) is 5.15 Å². The number of aromatic carboxylic acids is 1. The fourth-order valence-corrected chi connectivity index (χ4v) is 8.22. The van der Waals surface area contributed by atoms with Crippen LogP contribution < -0.4 is 32.2 Å². The number of aromatic nitrogens is 14. The van der Waals surface area contributed by atoms with Crippen LogP contribution in [0, 0.1) is 6.92 Å². The van der Waals surface area contributed by atoms with Gasteiger partial charge in [-0.1, -0.05) is 41.4 Å². The number of anilines is 2. The molecule has 0 spiro atoms. The molecule has 0 radical (unpaired) electrons. The topological polar surface area (TPSA) is 337 Å². The number of pyridine rings is 3. The standard InChI is InChI=1S/C25H19F3N6O2.C16H13F3N6O2.C9H6ClF3N4.C7H7NO3/c1-16-2-4-17(5-3-16)13-33-15-30-23(35)20-11-19(6-7-22(20)33)36-24-21(25(26,27)28)10-18(12-29-24)14-34-31-8-9-32-34;17-16(18,19)12-5-9(8-25-23-3-4-24-25)7-22-15(12)27-10-1-2-13(20)11(6-10)14(21)26;10-8-7(9(11,12)13)3-6(4-14-8)5-17-15-1-2-16-17;8-6-2-1-4(9)3-5(6)7(10)11/h2-12,15H,13-14H2,1H3;1-7H,8,20H2,(H2,21,26);1-4H,5H2;1-3,9H,8H2,(H,10,11). The number of aryl methyl sites for hydroxylation is 1. The lowest BCUT2D eigenvalue weighted by atomic mass is 10.1. The lowest BCUT2D eigenvalue weighted by molar-refractivity contribution is -0.139. The van der Waals surface area contributed by atoms with Gasteiger partial charge in [0.2, 0.25) is 11.8 Å². The number of halogens is 10. The number of hydrogen-bond acceptors (Lipinski definition) is 18. The van der Waals surface area contributed by atoms with Gasteiger partial charge in [0, 0.05) is 36.5 Å². The van der Waals surface area contributed by atoms with Gasteiger partial charge in [-0.15, -0.1) is 0 Å². The first-order valence-electron chi connectivity index (χ1n) is 25.9. The molecule has 8 N–H and O–H groups in total. The molecule has 34 heteroatoms. The fraction of sp³-hybridized carbons (Fsp3) is 0.140. The van der Waals surface area contributed by atoms with Crippen LogP contribution in [0.15, 0.2) is 164 Å². The summed E-state index contributed by atoms with van der Waals surface area (Å²) < 4.78 is 132. The van der Waals surface area contributed by atoms with Gasteiger partial charge in [0.05, 0.1) is 90.7 Å². The number of phenolic OH excluding ortho intramolecular Hbond substituents is 1. The van der Waals surface area contributed by atoms with Gasteiger partial charge in [-0.25, -0.2) is 19.7 Å². The Kier molecular flexibility index (Phi) is 20.2. The summed E-state index contributed by atoms with van der Waals surface area (Å²) in [5, 5.41) is 40.1. The van der Waals surface area contributed by atoms with Crippen LogP contribution in [0.4, 0.5) is 50.9 Å². The highest BCUT2D eigenvalue weighted by Gasteiger charge is 2.38. The molecule has 0 aliphatic rings. The normalized spacial score (nSPS) is 11.3. The number of fused-ring (bicyclic) bond motifs is 1. The number of carbonyl (C=O) groups is 2. The molecule has 0 saturated heterocycles. The lowest BCUT2D eigenvalue weighted by Gasteiger charge is -2.15. The van der Waals surface area contributed by atoms with E-state index in [1.54, 1.807) is 10.6 Å². The van der Waals surface area contributed by atoms with E-state index in [-0.39, 0.29) is 75.9 Å². The van der Waals surface area contributed by atoms with Crippen molar-refractivity contribution in [2.24, 2.45) is 5.73 Å². The first kappa shape index (κ1) is 65.5. The molecule has 0 fully saturated rings. The van der Waals surface area contributed by atoms with Crippen molar-refractivity contribution in [3.05, 3.63) is 230 Å². The predicted molar refractivity (Wildman–Crippen MR) is 305 cm³/mol. The van der Waals surface area contributed by atoms with Gasteiger partial charge in [0.15, 0.2) is 0 Å². The summed E-state index contributed by atoms with van der Waals surface area (Å²) in [4.78, 5) is 53.0. The minimum atomic E-state index is -4.71. The number of alkyl halides is 9. The van der Waals surface area contributed by atoms with Gasteiger partial charge in [0.25, 0.3) is 11.5 Å². The van der Waals surface area contributed by atoms with Crippen LogP contribution in [0.5, 0.6) is 29.0 Å². The Morgan fingerprint density at radius 2 is 0.978 bits per heavy atom. The number of primary amides is 1. The second kappa shape index (κ2) is 28.1. The molecule has 0 unspecified atom stereocenters. The highest BCUT2D eigenvalue weighted by Crippen LogP contribution is 2.40. The molecule has 7 aromatic heterocycles. The summed E-state index contributed by atoms with van der Waals surface area (Å²) in [5.41, 5.74) is 16.1. The number of carbonyl (C=O) groups excluding carboxylic acids is 1. The van der Waals surface area contributed by atoms with Crippen molar-refractivity contribution < 1.29 is 68.8 Å². The number of benzene rings is 4. The van der Waals surface area contributed by atoms with Crippen LogP contribution in [-0.4, -0.2) is 91.6 Å². The molecular formula is C57H45ClF9N17O7. The third-order valence-corrected chi connectivity index (χ3v) is 12.6. The minimum absolute atomic E-state index is 0.0110. The Morgan fingerprint density at radius 1 is 0.538 bits per heavy atom. The van der Waals surface area contributed by atoms with Crippen LogP contribution >= 0.6 is 11.6 Å². The van der Waals surface area contributed by atoms with Crippen molar-refractivity contribution in [1.82, 2.24) is 69.5 Å². The van der Waals surface area contributed by atoms with Crippen molar-refractivity contribution in [1.29, 1.82) is 0 Å². The van der Waals surface area contributed by atoms with E-state index < -0.39 is 69.6 Å². The van der Waals surface area contributed by atoms with E-state index in [0.717, 1.165) is 41.5 Å². The highest BCUT2D eigenvalue weighted by atomic mass is 35.5. The Labute approximate surface area is 510 Å². The fourth-order valence-electron chi connectivity index (χ4n) is 8.01. The molecule has 7 heterocycles. The molecule has 470 valence electrons. The first-order valence-corrected chi connectivity index (χ1v) is 26.2. The number of hydrogen-bond donors (Lipinski definition) is 5. The Balaban J connectivity index is 0.000000170. The summed E-state index contributed by atoms with van der Waals surface area (Å²) in [6.07, 6.45) is -0.184. The predicted octanol–water partition coefficient (Wildman–Crippen LogP) is 9.88. The van der Waals surface area contributed by atoms with Crippen molar-refractivity contribution in [2.45, 2.75) is 51.6 Å². The number of carboxylic acids is 1. The Hall–Kier alpha value is -11.5. The van der Waals surface area contributed by atoms with Crippen molar-refractivity contribution >= 4 is 45.8 Å². The molecule has 4 aromatic carbocycles. The minimum Gasteiger partial charge on any atom is -0.508 e. The number of ether oxygens (including phenoxy) is 2. The number of rotatable bonds is 14. The van der Waals surface area contributed by atoms with Gasteiger partial charge >= 0.3 is 24.5 Å². The Morgan fingerprint density at radius 3 is 1.44 bits per heavy atom. The largest absolute Gasteiger partial charge is 0.508 e. The maximum atomic E-state index is 13.8. The molecule has 0 aliphatic carbocycles. The summed E-state index contributed by atoms with van der Waals surface area (Å²) in [7, 11) is 0. The number of nitrogens with two attached hydrogens (primary N) is 3. The van der Waals surface area contributed by atoms with E-state index >= 15 is 0 Å². The number of nitrogens with zero attached hydrogens (tertiary/aromatic N) is 14. The SMILES string of the molecule is Cc1ccc(Cn2cnc(=O)c3cc(Oc4ncc(Cn5nccn5)cc4C(F)(F)F)ccc32)cc1.FC(F)(F)c1cc(Cn2nccn2)cnc1Cl.NC(=O)c1cc(Oc2ncc(Cn3nccn3)cc2C(F)(F)F)ccc1N.Nc1ccc(O)cc1C(=O)O. The molecule has 0 aliphatic heterocycles. The molecule has 11 aromatic rings. The molecule has 1 amide bonds. The van der Waals surface area contributed by atoms with Gasteiger partial charge in [-0.2, -0.15) is 89.5 Å². The number of amides is 1. The van der Waals surface area contributed by atoms with Crippen LogP contribution in [0.25, 0.3) is 10.9 Å². The van der Waals surface area contributed by atoms with Crippen LogP contribution in [-0.2, 0) is 44.7 Å². The summed E-state index contributed by atoms with van der Waals surface area (Å²) in [6.45, 7) is 2.60. The second-order valence-electron chi connectivity index (χ2n) is 19.0. The quantitative estimate of drug-likeness (QED) is 0.0292. The maximum Gasteiger partial charge on any atom is 0.421 e. The smallest absolute Gasteiger partial charge is 0.421 e. The first-order chi connectivity index (χ1) is 43.1. The number of carboxylic acid groups (broad SMARTS) is 1. The number of nitrogen functional groups attached to an aromatic ring is 2. The second-order valence-corrected chi connectivity index (χ2v) is 19.3. The van der Waals surface area contributed by atoms with Crippen molar-refractivity contribution in [3.63, 3.8) is 0 Å². The Bertz CT molecular complexity index is 4390. The van der Waals surface area contributed by atoms with Crippen LogP contribution in [0.1, 0.15) is 65.2 Å². The third-order valence-electron chi connectivity index (χ3n) is 12.3. The summed E-state index contributed by atoms with van der Waals surface area (Å²) in [5.74, 6) is -3.38. The van der Waals surface area contributed by atoms with Gasteiger partial charge in [-0.3, -0.25) is 9.59 Å². The van der Waals surface area contributed by atoms with E-state index in [9.17, 15) is 53.9 Å². The summed E-state index contributed by atoms with van der Waals surface area (Å²) in [6, 6.07) is 22.8. The van der Waals surface area contributed by atoms with Crippen molar-refractivity contribution in [3.8, 4) is 29.0 Å². The van der Waals surface area contributed by atoms with Gasteiger partial charge < -0.3 is 41.5 Å². The molecule has 91 heavy (non-hydrogen) atoms. The average Bonchev–Trinajstić information content (AvgIpc) is 1.84. The monoisotopic (exact) mass is 1290 g/mol. The zero-order valence-electron chi connectivity index (χ0n) is 46.5. The molecular weight excluding hydrogens is 1240 g/mol. The maximum absolute atomic E-state index is 13.8. The van der Waals surface area contributed by atoms with Crippen LogP contribution in [0.3, 0.4) is 0 Å². The highest BCUT2D eigenvalue weighted by molar-refractivity contribution is 6.30. The zero-order chi connectivity index (χ0) is 65.8. The average molecular weight is 1290 g/mol. The number of aromatic hydroxyl groups is 1. The molecule has 0 saturated carbocycles. The van der Waals surface area contributed by atoms with E-state index in [2.05, 4.69) is 50.5 Å². The molecule has 0 atom stereocenters. The van der Waals surface area contributed by atoms with E-state index in [1.165, 1.54) is 113 Å². The number of phenols is 1. The van der Waals surface area contributed by atoms with Gasteiger partial charge in [0.1, 0.15) is 33.5 Å². The summed E-state index contributed by atoms with van der Waals surface area (Å²) >= 11 is 5.39. The van der Waals surface area contributed by atoms with E-state index in [0.29, 0.717) is 17.6 Å². The van der Waals surface area contributed by atoms with Crippen molar-refractivity contribution in [2.75, 3.05) is 11.5 Å². The zero-order valence-corrected chi connectivity index (χ0v) is 47.3. The third kappa shape index (κ3) is 17.8. The van der Waals surface area contributed by atoms with Gasteiger partial charge in [-0.05, 0) is 102 Å². The molecule has 0 bridgehead atoms. The van der Waals surface area contributed by atoms with E-state index in [1.807, 2.05) is 31.2 Å². The molecule has 24 nitrogen and oxygen atoms in total. The lowest BCUT2D eigenvalue weighted by Crippen LogP contribution is -2.14. The van der Waals surface area contributed by atoms with E-state index in [4.69, 9.17) is 48.5 Å².